The minimum atomic E-state index is -3.97. The highest BCUT2D eigenvalue weighted by atomic mass is 32.2. The van der Waals surface area contributed by atoms with Crippen LogP contribution in [0.5, 0.6) is 0 Å². The maximum absolute atomic E-state index is 12.9. The lowest BCUT2D eigenvalue weighted by Gasteiger charge is -2.14. The first-order valence-corrected chi connectivity index (χ1v) is 7.11. The maximum atomic E-state index is 12.9. The van der Waals surface area contributed by atoms with Gasteiger partial charge in [0.25, 0.3) is 0 Å². The molecule has 0 aliphatic rings. The van der Waals surface area contributed by atoms with Crippen molar-refractivity contribution in [2.45, 2.75) is 24.8 Å². The van der Waals surface area contributed by atoms with E-state index in [2.05, 4.69) is 10.0 Å². The van der Waals surface area contributed by atoms with Crippen LogP contribution in [0, 0.1) is 5.82 Å². The highest BCUT2D eigenvalue weighted by molar-refractivity contribution is 7.89. The van der Waals surface area contributed by atoms with Gasteiger partial charge < -0.3 is 11.1 Å². The number of carbonyl (C=O) groups excluding carboxylic acids is 1. The molecule has 1 aromatic rings. The van der Waals surface area contributed by atoms with Crippen LogP contribution < -0.4 is 15.8 Å². The normalized spacial score (nSPS) is 13.0. The first-order chi connectivity index (χ1) is 8.77. The number of amides is 1. The molecule has 4 N–H and O–H groups in total. The summed E-state index contributed by atoms with van der Waals surface area (Å²) >= 11 is 0. The van der Waals surface area contributed by atoms with Crippen molar-refractivity contribution in [1.29, 1.82) is 0 Å². The van der Waals surface area contributed by atoms with Gasteiger partial charge in [0.1, 0.15) is 10.7 Å². The predicted molar refractivity (Wildman–Crippen MR) is 69.3 cm³/mol. The minimum absolute atomic E-state index is 0.212. The van der Waals surface area contributed by atoms with E-state index in [0.717, 1.165) is 18.2 Å². The van der Waals surface area contributed by atoms with Crippen LogP contribution in [0.4, 0.5) is 10.1 Å². The molecule has 0 radical (unpaired) electrons. The summed E-state index contributed by atoms with van der Waals surface area (Å²) in [5, 5.41) is 2.49. The highest BCUT2D eigenvalue weighted by Gasteiger charge is 2.23. The standard InChI is InChI=1S/C11H16FN3O3S/c1-3-14-11(16)7(2)15-19(17,18)10-5-4-8(12)6-9(10)13/h4-7,15H,3,13H2,1-2H3,(H,14,16). The molecule has 19 heavy (non-hydrogen) atoms. The maximum Gasteiger partial charge on any atom is 0.243 e. The van der Waals surface area contributed by atoms with Crippen molar-refractivity contribution in [3.05, 3.63) is 24.0 Å². The summed E-state index contributed by atoms with van der Waals surface area (Å²) < 4.78 is 39.0. The van der Waals surface area contributed by atoms with Crippen LogP contribution in [0.3, 0.4) is 0 Å². The van der Waals surface area contributed by atoms with E-state index in [1.54, 1.807) is 6.92 Å². The third-order valence-corrected chi connectivity index (χ3v) is 3.95. The third-order valence-electron chi connectivity index (χ3n) is 2.34. The lowest BCUT2D eigenvalue weighted by molar-refractivity contribution is -0.122. The average Bonchev–Trinajstić information content (AvgIpc) is 2.27. The van der Waals surface area contributed by atoms with Crippen molar-refractivity contribution in [1.82, 2.24) is 10.0 Å². The zero-order valence-corrected chi connectivity index (χ0v) is 11.4. The Hall–Kier alpha value is -1.67. The van der Waals surface area contributed by atoms with Gasteiger partial charge in [-0.15, -0.1) is 0 Å². The number of sulfonamides is 1. The third kappa shape index (κ3) is 3.90. The fraction of sp³-hybridized carbons (Fsp3) is 0.364. The Balaban J connectivity index is 2.95. The van der Waals surface area contributed by atoms with Gasteiger partial charge in [-0.1, -0.05) is 0 Å². The van der Waals surface area contributed by atoms with Crippen LogP contribution in [0.2, 0.25) is 0 Å². The fourth-order valence-corrected chi connectivity index (χ4v) is 2.76. The van der Waals surface area contributed by atoms with Crippen LogP contribution in [0.1, 0.15) is 13.8 Å². The molecule has 0 spiro atoms. The Morgan fingerprint density at radius 2 is 2.11 bits per heavy atom. The van der Waals surface area contributed by atoms with Crippen LogP contribution in [-0.4, -0.2) is 26.9 Å². The summed E-state index contributed by atoms with van der Waals surface area (Å²) in [6, 6.07) is 2.00. The second-order valence-electron chi connectivity index (χ2n) is 3.92. The number of carbonyl (C=O) groups is 1. The number of rotatable bonds is 5. The number of nitrogens with one attached hydrogen (secondary N) is 2. The van der Waals surface area contributed by atoms with Gasteiger partial charge >= 0.3 is 0 Å². The first-order valence-electron chi connectivity index (χ1n) is 5.63. The zero-order valence-electron chi connectivity index (χ0n) is 10.6. The van der Waals surface area contributed by atoms with Crippen LogP contribution in [0.25, 0.3) is 0 Å². The summed E-state index contributed by atoms with van der Waals surface area (Å²) in [6.07, 6.45) is 0. The second-order valence-corrected chi connectivity index (χ2v) is 5.60. The number of benzene rings is 1. The van der Waals surface area contributed by atoms with Crippen molar-refractivity contribution < 1.29 is 17.6 Å². The predicted octanol–water partition coefficient (Wildman–Crippen LogP) is 0.211. The number of hydrogen-bond donors (Lipinski definition) is 3. The molecule has 1 unspecified atom stereocenters. The molecule has 106 valence electrons. The zero-order chi connectivity index (χ0) is 14.6. The molecule has 0 fully saturated rings. The Labute approximate surface area is 111 Å². The van der Waals surface area contributed by atoms with E-state index in [9.17, 15) is 17.6 Å². The van der Waals surface area contributed by atoms with Gasteiger partial charge in [-0.2, -0.15) is 4.72 Å². The van der Waals surface area contributed by atoms with Crippen molar-refractivity contribution in [3.8, 4) is 0 Å². The Morgan fingerprint density at radius 3 is 2.63 bits per heavy atom. The van der Waals surface area contributed by atoms with Gasteiger partial charge in [0.05, 0.1) is 11.7 Å². The number of nitrogen functional groups attached to an aromatic ring is 1. The number of hydrogen-bond acceptors (Lipinski definition) is 4. The number of likely N-dealkylation sites (N-methyl/N-ethyl adjacent to an activating group) is 1. The molecule has 1 rings (SSSR count). The van der Waals surface area contributed by atoms with Crippen molar-refractivity contribution in [2.24, 2.45) is 0 Å². The summed E-state index contributed by atoms with van der Waals surface area (Å²) in [7, 11) is -3.97. The van der Waals surface area contributed by atoms with Crippen molar-refractivity contribution in [2.75, 3.05) is 12.3 Å². The summed E-state index contributed by atoms with van der Waals surface area (Å²) in [5.74, 6) is -1.08. The molecule has 0 heterocycles. The smallest absolute Gasteiger partial charge is 0.243 e. The van der Waals surface area contributed by atoms with Gasteiger partial charge in [-0.25, -0.2) is 12.8 Å². The molecule has 0 saturated heterocycles. The molecule has 1 aromatic carbocycles. The van der Waals surface area contributed by atoms with E-state index >= 15 is 0 Å². The lowest BCUT2D eigenvalue weighted by atomic mass is 10.3. The number of nitrogens with two attached hydrogens (primary N) is 1. The molecule has 0 bridgehead atoms. The monoisotopic (exact) mass is 289 g/mol. The van der Waals surface area contributed by atoms with E-state index in [-0.39, 0.29) is 10.6 Å². The molecule has 1 amide bonds. The van der Waals surface area contributed by atoms with Gasteiger partial charge in [0.2, 0.25) is 15.9 Å². The van der Waals surface area contributed by atoms with Crippen molar-refractivity contribution >= 4 is 21.6 Å². The Bertz CT molecular complexity index is 575. The van der Waals surface area contributed by atoms with Gasteiger partial charge in [-0.3, -0.25) is 4.79 Å². The van der Waals surface area contributed by atoms with E-state index in [1.165, 1.54) is 6.92 Å². The van der Waals surface area contributed by atoms with Crippen molar-refractivity contribution in [3.63, 3.8) is 0 Å². The van der Waals surface area contributed by atoms with Gasteiger partial charge in [0.15, 0.2) is 0 Å². The van der Waals surface area contributed by atoms with E-state index in [0.29, 0.717) is 6.54 Å². The molecule has 0 aliphatic carbocycles. The molecular weight excluding hydrogens is 273 g/mol. The van der Waals surface area contributed by atoms with Gasteiger partial charge in [-0.05, 0) is 32.0 Å². The van der Waals surface area contributed by atoms with Gasteiger partial charge in [0, 0.05) is 6.54 Å². The van der Waals surface area contributed by atoms with Crippen LogP contribution >= 0.6 is 0 Å². The molecule has 6 nitrogen and oxygen atoms in total. The SMILES string of the molecule is CCNC(=O)C(C)NS(=O)(=O)c1ccc(F)cc1N. The van der Waals surface area contributed by atoms with E-state index in [4.69, 9.17) is 5.73 Å². The fourth-order valence-electron chi connectivity index (χ4n) is 1.44. The summed E-state index contributed by atoms with van der Waals surface area (Å²) in [6.45, 7) is 3.52. The summed E-state index contributed by atoms with van der Waals surface area (Å²) in [5.41, 5.74) is 5.25. The van der Waals surface area contributed by atoms with Crippen LogP contribution in [-0.2, 0) is 14.8 Å². The topological polar surface area (TPSA) is 101 Å². The quantitative estimate of drug-likeness (QED) is 0.674. The Kier molecular flexibility index (Phi) is 4.84. The van der Waals surface area contributed by atoms with Crippen LogP contribution in [0.15, 0.2) is 23.1 Å². The molecule has 1 atom stereocenters. The Morgan fingerprint density at radius 1 is 1.47 bits per heavy atom. The molecule has 8 heteroatoms. The highest BCUT2D eigenvalue weighted by Crippen LogP contribution is 2.19. The summed E-state index contributed by atoms with van der Waals surface area (Å²) in [4.78, 5) is 11.2. The number of anilines is 1. The van der Waals surface area contributed by atoms with E-state index < -0.39 is 27.8 Å². The number of halogens is 1. The average molecular weight is 289 g/mol. The molecule has 0 aromatic heterocycles. The lowest BCUT2D eigenvalue weighted by Crippen LogP contribution is -2.44. The van der Waals surface area contributed by atoms with E-state index in [1.807, 2.05) is 0 Å². The molecular formula is C11H16FN3O3S. The molecule has 0 aliphatic heterocycles. The largest absolute Gasteiger partial charge is 0.398 e. The second kappa shape index (κ2) is 5.98. The minimum Gasteiger partial charge on any atom is -0.398 e. The first kappa shape index (κ1) is 15.4. The molecule has 0 saturated carbocycles.